The molecule has 1 aromatic rings. The fourth-order valence-corrected chi connectivity index (χ4v) is 2.33. The van der Waals surface area contributed by atoms with E-state index in [0.29, 0.717) is 43.4 Å². The third kappa shape index (κ3) is 3.60. The van der Waals surface area contributed by atoms with Crippen molar-refractivity contribution < 1.29 is 19.1 Å². The molecule has 7 heteroatoms. The number of nitrogens with zero attached hydrogens (tertiary/aromatic N) is 2. The van der Waals surface area contributed by atoms with Crippen LogP contribution in [0.4, 0.5) is 10.5 Å². The van der Waals surface area contributed by atoms with Crippen molar-refractivity contribution >= 4 is 17.6 Å². The minimum Gasteiger partial charge on any atom is -0.497 e. The lowest BCUT2D eigenvalue weighted by molar-refractivity contribution is -0.130. The zero-order valence-electron chi connectivity index (χ0n) is 13.1. The van der Waals surface area contributed by atoms with Crippen molar-refractivity contribution in [3.8, 4) is 11.5 Å². The SMILES string of the molecule is COc1ccc(OC)c(NC(=O)N2CCN(C(C)=O)CC2)c1. The first-order valence-electron chi connectivity index (χ1n) is 7.08. The number of urea groups is 1. The lowest BCUT2D eigenvalue weighted by atomic mass is 10.2. The van der Waals surface area contributed by atoms with Crippen molar-refractivity contribution in [1.82, 2.24) is 9.80 Å². The second kappa shape index (κ2) is 7.02. The number of ether oxygens (including phenoxy) is 2. The number of hydrogen-bond donors (Lipinski definition) is 1. The Morgan fingerprint density at radius 3 is 2.23 bits per heavy atom. The van der Waals surface area contributed by atoms with Gasteiger partial charge in [0.1, 0.15) is 11.5 Å². The number of methoxy groups -OCH3 is 2. The van der Waals surface area contributed by atoms with Gasteiger partial charge in [-0.1, -0.05) is 0 Å². The molecule has 1 saturated heterocycles. The van der Waals surface area contributed by atoms with Crippen molar-refractivity contribution in [3.63, 3.8) is 0 Å². The molecule has 0 atom stereocenters. The highest BCUT2D eigenvalue weighted by molar-refractivity contribution is 5.91. The molecule has 1 aliphatic heterocycles. The molecular formula is C15H21N3O4. The van der Waals surface area contributed by atoms with Crippen LogP contribution in [0.15, 0.2) is 18.2 Å². The van der Waals surface area contributed by atoms with Gasteiger partial charge in [0, 0.05) is 39.2 Å². The Labute approximate surface area is 129 Å². The molecule has 0 aliphatic carbocycles. The van der Waals surface area contributed by atoms with E-state index in [4.69, 9.17) is 9.47 Å². The maximum Gasteiger partial charge on any atom is 0.322 e. The molecule has 0 radical (unpaired) electrons. The van der Waals surface area contributed by atoms with Gasteiger partial charge < -0.3 is 24.6 Å². The Morgan fingerprint density at radius 1 is 1.05 bits per heavy atom. The molecule has 3 amide bonds. The average Bonchev–Trinajstić information content (AvgIpc) is 2.54. The quantitative estimate of drug-likeness (QED) is 0.916. The summed E-state index contributed by atoms with van der Waals surface area (Å²) in [7, 11) is 3.11. The third-order valence-corrected chi connectivity index (χ3v) is 3.66. The summed E-state index contributed by atoms with van der Waals surface area (Å²) in [6, 6.07) is 5.00. The van der Waals surface area contributed by atoms with Crippen LogP contribution in [0.2, 0.25) is 0 Å². The minimum atomic E-state index is -0.213. The van der Waals surface area contributed by atoms with E-state index in [-0.39, 0.29) is 11.9 Å². The maximum absolute atomic E-state index is 12.3. The largest absolute Gasteiger partial charge is 0.497 e. The van der Waals surface area contributed by atoms with Crippen LogP contribution in [0.3, 0.4) is 0 Å². The van der Waals surface area contributed by atoms with Crippen LogP contribution in [0.25, 0.3) is 0 Å². The highest BCUT2D eigenvalue weighted by Gasteiger charge is 2.23. The number of rotatable bonds is 3. The highest BCUT2D eigenvalue weighted by atomic mass is 16.5. The fraction of sp³-hybridized carbons (Fsp3) is 0.467. The number of carbonyl (C=O) groups excluding carboxylic acids is 2. The molecule has 1 aliphatic rings. The molecule has 22 heavy (non-hydrogen) atoms. The van der Waals surface area contributed by atoms with Gasteiger partial charge in [0.25, 0.3) is 0 Å². The maximum atomic E-state index is 12.3. The van der Waals surface area contributed by atoms with Gasteiger partial charge >= 0.3 is 6.03 Å². The fourth-order valence-electron chi connectivity index (χ4n) is 2.33. The summed E-state index contributed by atoms with van der Waals surface area (Å²) in [4.78, 5) is 27.0. The van der Waals surface area contributed by atoms with Crippen LogP contribution in [0, 0.1) is 0 Å². The zero-order chi connectivity index (χ0) is 16.1. The van der Waals surface area contributed by atoms with Crippen LogP contribution in [-0.2, 0) is 4.79 Å². The number of piperazine rings is 1. The summed E-state index contributed by atoms with van der Waals surface area (Å²) in [6.45, 7) is 3.67. The number of benzene rings is 1. The van der Waals surface area contributed by atoms with E-state index >= 15 is 0 Å². The van der Waals surface area contributed by atoms with Gasteiger partial charge in [0.05, 0.1) is 19.9 Å². The van der Waals surface area contributed by atoms with E-state index in [1.54, 1.807) is 42.2 Å². The topological polar surface area (TPSA) is 71.1 Å². The number of nitrogens with one attached hydrogen (secondary N) is 1. The van der Waals surface area contributed by atoms with Crippen molar-refractivity contribution in [1.29, 1.82) is 0 Å². The van der Waals surface area contributed by atoms with Gasteiger partial charge in [-0.2, -0.15) is 0 Å². The number of amides is 3. The Kier molecular flexibility index (Phi) is 5.08. The Morgan fingerprint density at radius 2 is 1.68 bits per heavy atom. The first-order chi connectivity index (χ1) is 10.5. The van der Waals surface area contributed by atoms with E-state index in [9.17, 15) is 9.59 Å². The molecule has 2 rings (SSSR count). The minimum absolute atomic E-state index is 0.0366. The van der Waals surface area contributed by atoms with Gasteiger partial charge in [-0.3, -0.25) is 4.79 Å². The van der Waals surface area contributed by atoms with Gasteiger partial charge in [-0.25, -0.2) is 4.79 Å². The zero-order valence-corrected chi connectivity index (χ0v) is 13.1. The summed E-state index contributed by atoms with van der Waals surface area (Å²) in [5, 5.41) is 2.83. The molecule has 1 heterocycles. The van der Waals surface area contributed by atoms with E-state index in [2.05, 4.69) is 5.32 Å². The van der Waals surface area contributed by atoms with E-state index in [0.717, 1.165) is 0 Å². The molecule has 1 aromatic carbocycles. The van der Waals surface area contributed by atoms with Crippen LogP contribution < -0.4 is 14.8 Å². The summed E-state index contributed by atoms with van der Waals surface area (Å²) in [5.74, 6) is 1.24. The van der Waals surface area contributed by atoms with Gasteiger partial charge in [-0.15, -0.1) is 0 Å². The van der Waals surface area contributed by atoms with Crippen LogP contribution in [0.5, 0.6) is 11.5 Å². The Hall–Kier alpha value is -2.44. The molecular weight excluding hydrogens is 286 g/mol. The molecule has 0 bridgehead atoms. The Bertz CT molecular complexity index is 554. The van der Waals surface area contributed by atoms with E-state index < -0.39 is 0 Å². The van der Waals surface area contributed by atoms with Gasteiger partial charge in [-0.05, 0) is 12.1 Å². The second-order valence-electron chi connectivity index (χ2n) is 4.99. The number of hydrogen-bond acceptors (Lipinski definition) is 4. The van der Waals surface area contributed by atoms with Crippen molar-refractivity contribution in [3.05, 3.63) is 18.2 Å². The van der Waals surface area contributed by atoms with Crippen LogP contribution in [-0.4, -0.2) is 62.1 Å². The van der Waals surface area contributed by atoms with E-state index in [1.165, 1.54) is 6.92 Å². The molecule has 1 N–H and O–H groups in total. The average molecular weight is 307 g/mol. The van der Waals surface area contributed by atoms with Crippen LogP contribution in [0.1, 0.15) is 6.92 Å². The third-order valence-electron chi connectivity index (χ3n) is 3.66. The summed E-state index contributed by atoms with van der Waals surface area (Å²) >= 11 is 0. The molecule has 0 unspecified atom stereocenters. The first-order valence-corrected chi connectivity index (χ1v) is 7.08. The molecule has 7 nitrogen and oxygen atoms in total. The molecule has 0 spiro atoms. The lowest BCUT2D eigenvalue weighted by Crippen LogP contribution is -2.51. The summed E-state index contributed by atoms with van der Waals surface area (Å²) in [5.41, 5.74) is 0.556. The van der Waals surface area contributed by atoms with Gasteiger partial charge in [0.2, 0.25) is 5.91 Å². The summed E-state index contributed by atoms with van der Waals surface area (Å²) in [6.07, 6.45) is 0. The number of anilines is 1. The second-order valence-corrected chi connectivity index (χ2v) is 4.99. The smallest absolute Gasteiger partial charge is 0.322 e. The first kappa shape index (κ1) is 15.9. The normalized spacial score (nSPS) is 14.5. The number of carbonyl (C=O) groups is 2. The Balaban J connectivity index is 2.02. The predicted molar refractivity (Wildman–Crippen MR) is 82.4 cm³/mol. The van der Waals surface area contributed by atoms with Crippen molar-refractivity contribution in [2.75, 3.05) is 45.7 Å². The van der Waals surface area contributed by atoms with E-state index in [1.807, 2.05) is 0 Å². The molecule has 0 saturated carbocycles. The predicted octanol–water partition coefficient (Wildman–Crippen LogP) is 1.40. The van der Waals surface area contributed by atoms with Crippen LogP contribution >= 0.6 is 0 Å². The summed E-state index contributed by atoms with van der Waals surface area (Å²) < 4.78 is 10.4. The lowest BCUT2D eigenvalue weighted by Gasteiger charge is -2.34. The van der Waals surface area contributed by atoms with Crippen molar-refractivity contribution in [2.24, 2.45) is 0 Å². The monoisotopic (exact) mass is 307 g/mol. The van der Waals surface area contributed by atoms with Crippen molar-refractivity contribution in [2.45, 2.75) is 6.92 Å². The molecule has 0 aromatic heterocycles. The van der Waals surface area contributed by atoms with Gasteiger partial charge in [0.15, 0.2) is 0 Å². The highest BCUT2D eigenvalue weighted by Crippen LogP contribution is 2.29. The molecule has 120 valence electrons. The molecule has 1 fully saturated rings. The standard InChI is InChI=1S/C15H21N3O4/c1-11(19)17-6-8-18(9-7-17)15(20)16-13-10-12(21-2)4-5-14(13)22-3/h4-5,10H,6-9H2,1-3H3,(H,16,20).